The van der Waals surface area contributed by atoms with E-state index in [9.17, 15) is 4.79 Å². The maximum absolute atomic E-state index is 11.5. The standard InChI is InChI=1S/C12H19N9O/c1-4-8-16-10(20-6-7(3)15-9(20)5-2)18-11(17-8)21(14)12(22)19-13/h6H,4-5,13-14H2,1-3H3,(H,19,22). The molecule has 0 atom stereocenters. The van der Waals surface area contributed by atoms with Gasteiger partial charge in [-0.05, 0) is 6.92 Å². The van der Waals surface area contributed by atoms with Crippen molar-refractivity contribution in [2.45, 2.75) is 33.6 Å². The number of hydrogen-bond acceptors (Lipinski definition) is 7. The maximum atomic E-state index is 11.5. The van der Waals surface area contributed by atoms with E-state index in [1.807, 2.05) is 32.4 Å². The molecule has 10 heteroatoms. The Morgan fingerprint density at radius 1 is 1.27 bits per heavy atom. The van der Waals surface area contributed by atoms with E-state index in [0.717, 1.165) is 16.5 Å². The predicted molar refractivity (Wildman–Crippen MR) is 79.8 cm³/mol. The van der Waals surface area contributed by atoms with E-state index in [2.05, 4.69) is 19.9 Å². The molecule has 10 nitrogen and oxygen atoms in total. The number of nitrogens with two attached hydrogens (primary N) is 2. The molecule has 0 aliphatic rings. The van der Waals surface area contributed by atoms with Crippen LogP contribution < -0.4 is 22.1 Å². The summed E-state index contributed by atoms with van der Waals surface area (Å²) < 4.78 is 1.76. The first-order valence-corrected chi connectivity index (χ1v) is 6.85. The zero-order valence-electron chi connectivity index (χ0n) is 12.7. The van der Waals surface area contributed by atoms with Crippen LogP contribution in [0.5, 0.6) is 0 Å². The Bertz CT molecular complexity index is 681. The van der Waals surface area contributed by atoms with Crippen molar-refractivity contribution in [2.24, 2.45) is 11.7 Å². The van der Waals surface area contributed by atoms with E-state index in [1.165, 1.54) is 0 Å². The summed E-state index contributed by atoms with van der Waals surface area (Å²) in [6.07, 6.45) is 3.10. The second kappa shape index (κ2) is 6.45. The molecule has 0 aliphatic heterocycles. The van der Waals surface area contributed by atoms with Crippen molar-refractivity contribution in [3.63, 3.8) is 0 Å². The Balaban J connectivity index is 2.54. The highest BCUT2D eigenvalue weighted by molar-refractivity contribution is 5.88. The number of aromatic nitrogens is 5. The highest BCUT2D eigenvalue weighted by Gasteiger charge is 2.18. The number of carbonyl (C=O) groups excluding carboxylic acids is 1. The molecule has 0 saturated carbocycles. The van der Waals surface area contributed by atoms with Crippen LogP contribution in [-0.2, 0) is 12.8 Å². The summed E-state index contributed by atoms with van der Waals surface area (Å²) in [6.45, 7) is 5.76. The zero-order valence-corrected chi connectivity index (χ0v) is 12.7. The maximum Gasteiger partial charge on any atom is 0.353 e. The molecule has 0 saturated heterocycles. The first-order chi connectivity index (χ1) is 10.5. The van der Waals surface area contributed by atoms with Gasteiger partial charge in [0.05, 0.1) is 5.69 Å². The quantitative estimate of drug-likeness (QED) is 0.402. The van der Waals surface area contributed by atoms with Gasteiger partial charge >= 0.3 is 6.03 Å². The lowest BCUT2D eigenvalue weighted by molar-refractivity contribution is 0.246. The number of hydrogen-bond donors (Lipinski definition) is 3. The number of nitrogens with zero attached hydrogens (tertiary/aromatic N) is 6. The molecule has 0 spiro atoms. The van der Waals surface area contributed by atoms with Crippen LogP contribution in [-0.4, -0.2) is 30.5 Å². The van der Waals surface area contributed by atoms with Crippen LogP contribution >= 0.6 is 0 Å². The van der Waals surface area contributed by atoms with Crippen molar-refractivity contribution in [3.8, 4) is 5.95 Å². The minimum absolute atomic E-state index is 0.0122. The Kier molecular flexibility index (Phi) is 4.63. The molecule has 2 aromatic heterocycles. The number of hydrazine groups is 2. The topological polar surface area (TPSA) is 141 Å². The monoisotopic (exact) mass is 305 g/mol. The molecule has 22 heavy (non-hydrogen) atoms. The fraction of sp³-hybridized carbons (Fsp3) is 0.417. The number of anilines is 1. The fourth-order valence-electron chi connectivity index (χ4n) is 1.90. The minimum atomic E-state index is -0.725. The van der Waals surface area contributed by atoms with Gasteiger partial charge in [0.2, 0.25) is 5.95 Å². The van der Waals surface area contributed by atoms with Crippen LogP contribution in [0.4, 0.5) is 10.7 Å². The molecule has 0 aromatic carbocycles. The number of amides is 2. The number of imidazole rings is 1. The van der Waals surface area contributed by atoms with Gasteiger partial charge in [-0.1, -0.05) is 13.8 Å². The van der Waals surface area contributed by atoms with E-state index in [1.54, 1.807) is 4.57 Å². The van der Waals surface area contributed by atoms with Crippen LogP contribution in [0.3, 0.4) is 0 Å². The predicted octanol–water partition coefficient (Wildman–Crippen LogP) is -0.246. The molecule has 0 radical (unpaired) electrons. The molecule has 118 valence electrons. The van der Waals surface area contributed by atoms with Crippen LogP contribution in [0.1, 0.15) is 31.2 Å². The lowest BCUT2D eigenvalue weighted by atomic mass is 10.4. The van der Waals surface area contributed by atoms with Gasteiger partial charge in [0, 0.05) is 19.0 Å². The molecule has 0 fully saturated rings. The number of aryl methyl sites for hydroxylation is 3. The average Bonchev–Trinajstić information content (AvgIpc) is 2.93. The van der Waals surface area contributed by atoms with E-state index in [0.29, 0.717) is 24.6 Å². The number of nitrogens with one attached hydrogen (secondary N) is 1. The Hall–Kier alpha value is -2.59. The molecular formula is C12H19N9O. The van der Waals surface area contributed by atoms with Gasteiger partial charge in [0.25, 0.3) is 5.95 Å². The summed E-state index contributed by atoms with van der Waals surface area (Å²) in [7, 11) is 0. The fourth-order valence-corrected chi connectivity index (χ4v) is 1.90. The van der Waals surface area contributed by atoms with Crippen LogP contribution in [0.15, 0.2) is 6.20 Å². The van der Waals surface area contributed by atoms with E-state index in [-0.39, 0.29) is 5.95 Å². The second-order valence-corrected chi connectivity index (χ2v) is 4.55. The minimum Gasteiger partial charge on any atom is -0.274 e. The third-order valence-electron chi connectivity index (χ3n) is 2.96. The lowest BCUT2D eigenvalue weighted by Gasteiger charge is -2.15. The first-order valence-electron chi connectivity index (χ1n) is 6.85. The van der Waals surface area contributed by atoms with Crippen molar-refractivity contribution in [3.05, 3.63) is 23.5 Å². The van der Waals surface area contributed by atoms with Crippen LogP contribution in [0.2, 0.25) is 0 Å². The molecule has 0 aliphatic carbocycles. The summed E-state index contributed by atoms with van der Waals surface area (Å²) in [4.78, 5) is 28.7. The third-order valence-corrected chi connectivity index (χ3v) is 2.96. The summed E-state index contributed by atoms with van der Waals surface area (Å²) >= 11 is 0. The number of carbonyl (C=O) groups is 1. The van der Waals surface area contributed by atoms with E-state index < -0.39 is 6.03 Å². The summed E-state index contributed by atoms with van der Waals surface area (Å²) in [5.41, 5.74) is 2.78. The molecular weight excluding hydrogens is 286 g/mol. The SMILES string of the molecule is CCc1nc(N(N)C(=O)NN)nc(-n2cc(C)nc2CC)n1. The van der Waals surface area contributed by atoms with Crippen molar-refractivity contribution in [1.82, 2.24) is 29.9 Å². The highest BCUT2D eigenvalue weighted by atomic mass is 16.2. The third kappa shape index (κ3) is 3.02. The first kappa shape index (κ1) is 15.8. The molecule has 2 rings (SSSR count). The van der Waals surface area contributed by atoms with Gasteiger partial charge in [-0.2, -0.15) is 20.0 Å². The van der Waals surface area contributed by atoms with E-state index in [4.69, 9.17) is 11.7 Å². The van der Waals surface area contributed by atoms with Gasteiger partial charge < -0.3 is 0 Å². The second-order valence-electron chi connectivity index (χ2n) is 4.55. The summed E-state index contributed by atoms with van der Waals surface area (Å²) in [5.74, 6) is 12.4. The Labute approximate surface area is 127 Å². The smallest absolute Gasteiger partial charge is 0.274 e. The summed E-state index contributed by atoms with van der Waals surface area (Å²) in [5, 5.41) is 0.736. The van der Waals surface area contributed by atoms with Crippen molar-refractivity contribution in [1.29, 1.82) is 0 Å². The lowest BCUT2D eigenvalue weighted by Crippen LogP contribution is -2.48. The molecule has 2 amide bonds. The van der Waals surface area contributed by atoms with Gasteiger partial charge in [0.1, 0.15) is 11.6 Å². The summed E-state index contributed by atoms with van der Waals surface area (Å²) in [6, 6.07) is -0.725. The Morgan fingerprint density at radius 3 is 2.59 bits per heavy atom. The molecule has 5 N–H and O–H groups in total. The van der Waals surface area contributed by atoms with Crippen molar-refractivity contribution < 1.29 is 4.79 Å². The number of rotatable bonds is 4. The Morgan fingerprint density at radius 2 is 2.00 bits per heavy atom. The van der Waals surface area contributed by atoms with Gasteiger partial charge in [-0.15, -0.1) is 0 Å². The van der Waals surface area contributed by atoms with Gasteiger partial charge in [0.15, 0.2) is 0 Å². The zero-order chi connectivity index (χ0) is 16.3. The normalized spacial score (nSPS) is 10.6. The molecule has 2 aromatic rings. The van der Waals surface area contributed by atoms with E-state index >= 15 is 0 Å². The average molecular weight is 305 g/mol. The van der Waals surface area contributed by atoms with Crippen LogP contribution in [0.25, 0.3) is 5.95 Å². The highest BCUT2D eigenvalue weighted by Crippen LogP contribution is 2.13. The van der Waals surface area contributed by atoms with Gasteiger partial charge in [-0.3, -0.25) is 9.99 Å². The molecule has 0 unspecified atom stereocenters. The van der Waals surface area contributed by atoms with Crippen molar-refractivity contribution in [2.75, 3.05) is 5.01 Å². The number of urea groups is 1. The molecule has 2 heterocycles. The van der Waals surface area contributed by atoms with Crippen molar-refractivity contribution >= 4 is 12.0 Å². The largest absolute Gasteiger partial charge is 0.353 e. The molecule has 0 bridgehead atoms. The van der Waals surface area contributed by atoms with Crippen LogP contribution in [0, 0.1) is 6.92 Å². The van der Waals surface area contributed by atoms with Gasteiger partial charge in [-0.25, -0.2) is 21.5 Å².